The molecule has 166 valence electrons. The van der Waals surface area contributed by atoms with E-state index in [0.717, 1.165) is 5.56 Å². The molecule has 0 saturated heterocycles. The molecule has 0 bridgehead atoms. The van der Waals surface area contributed by atoms with E-state index >= 15 is 0 Å². The van der Waals surface area contributed by atoms with E-state index < -0.39 is 0 Å². The number of thiazole rings is 1. The van der Waals surface area contributed by atoms with Crippen molar-refractivity contribution >= 4 is 33.6 Å². The lowest BCUT2D eigenvalue weighted by Gasteiger charge is -2.05. The summed E-state index contributed by atoms with van der Waals surface area (Å²) in [5.74, 6) is -0.114. The first-order chi connectivity index (χ1) is 16.0. The van der Waals surface area contributed by atoms with Crippen LogP contribution in [0.15, 0.2) is 84.0 Å². The Morgan fingerprint density at radius 2 is 1.70 bits per heavy atom. The van der Waals surface area contributed by atoms with E-state index in [1.165, 1.54) is 29.0 Å². The molecule has 1 aromatic heterocycles. The summed E-state index contributed by atoms with van der Waals surface area (Å²) in [5.41, 5.74) is 6.93. The smallest absolute Gasteiger partial charge is 0.256 e. The fourth-order valence-electron chi connectivity index (χ4n) is 3.15. The van der Waals surface area contributed by atoms with Crippen molar-refractivity contribution in [1.29, 1.82) is 0 Å². The van der Waals surface area contributed by atoms with Gasteiger partial charge in [-0.3, -0.25) is 10.2 Å². The zero-order chi connectivity index (χ0) is 23.2. The van der Waals surface area contributed by atoms with Crippen LogP contribution in [0, 0.1) is 5.82 Å². The molecule has 0 aliphatic carbocycles. The van der Waals surface area contributed by atoms with Crippen molar-refractivity contribution in [2.75, 3.05) is 10.7 Å². The summed E-state index contributed by atoms with van der Waals surface area (Å²) in [6.45, 7) is 4.31. The highest BCUT2D eigenvalue weighted by molar-refractivity contribution is 7.20. The number of carbonyl (C=O) groups is 1. The average Bonchev–Trinajstić information content (AvgIpc) is 3.22. The molecule has 0 fully saturated rings. The molecule has 7 heteroatoms. The Kier molecular flexibility index (Phi) is 6.90. The Balaban J connectivity index is 1.56. The second kappa shape index (κ2) is 10.2. The first kappa shape index (κ1) is 22.4. The predicted molar refractivity (Wildman–Crippen MR) is 134 cm³/mol. The largest absolute Gasteiger partial charge is 0.312 e. The lowest BCUT2D eigenvalue weighted by molar-refractivity contribution is 0.102. The first-order valence-corrected chi connectivity index (χ1v) is 11.3. The fraction of sp³-hybridized carbons (Fsp3) is 0.115. The minimum absolute atomic E-state index is 0.247. The van der Waals surface area contributed by atoms with Gasteiger partial charge in [0.2, 0.25) is 5.13 Å². The molecule has 0 unspecified atom stereocenters. The van der Waals surface area contributed by atoms with Gasteiger partial charge in [-0.05, 0) is 53.4 Å². The van der Waals surface area contributed by atoms with Crippen LogP contribution in [-0.2, 0) is 0 Å². The third kappa shape index (κ3) is 5.70. The third-order valence-corrected chi connectivity index (χ3v) is 5.86. The van der Waals surface area contributed by atoms with Crippen LogP contribution >= 0.6 is 11.3 Å². The Hall–Kier alpha value is -3.84. The van der Waals surface area contributed by atoms with Gasteiger partial charge in [0, 0.05) is 11.1 Å². The van der Waals surface area contributed by atoms with Gasteiger partial charge in [0.05, 0.1) is 6.21 Å². The average molecular weight is 459 g/mol. The molecule has 4 rings (SSSR count). The second-order valence-electron chi connectivity index (χ2n) is 7.72. The van der Waals surface area contributed by atoms with E-state index in [1.54, 1.807) is 42.6 Å². The summed E-state index contributed by atoms with van der Waals surface area (Å²) in [6.07, 6.45) is 1.71. The van der Waals surface area contributed by atoms with Gasteiger partial charge < -0.3 is 5.32 Å². The van der Waals surface area contributed by atoms with Crippen LogP contribution < -0.4 is 10.7 Å². The van der Waals surface area contributed by atoms with Gasteiger partial charge in [-0.25, -0.2) is 9.37 Å². The number of rotatable bonds is 7. The maximum Gasteiger partial charge on any atom is 0.256 e. The molecule has 4 aromatic rings. The van der Waals surface area contributed by atoms with Crippen LogP contribution in [0.25, 0.3) is 11.3 Å². The van der Waals surface area contributed by atoms with Crippen molar-refractivity contribution in [3.8, 4) is 11.3 Å². The van der Waals surface area contributed by atoms with Gasteiger partial charge in [-0.1, -0.05) is 67.6 Å². The molecule has 0 atom stereocenters. The zero-order valence-electron chi connectivity index (χ0n) is 18.2. The third-order valence-electron chi connectivity index (χ3n) is 4.98. The summed E-state index contributed by atoms with van der Waals surface area (Å²) >= 11 is 1.26. The van der Waals surface area contributed by atoms with E-state index in [2.05, 4.69) is 46.8 Å². The Labute approximate surface area is 196 Å². The molecule has 0 spiro atoms. The number of anilines is 2. The molecular formula is C26H23FN4OS. The van der Waals surface area contributed by atoms with E-state index in [0.29, 0.717) is 32.9 Å². The topological polar surface area (TPSA) is 66.4 Å². The van der Waals surface area contributed by atoms with E-state index in [-0.39, 0.29) is 11.7 Å². The number of nitrogens with one attached hydrogen (secondary N) is 2. The van der Waals surface area contributed by atoms with Crippen molar-refractivity contribution in [3.63, 3.8) is 0 Å². The second-order valence-corrected chi connectivity index (χ2v) is 8.71. The Morgan fingerprint density at radius 3 is 2.36 bits per heavy atom. The molecule has 1 heterocycles. The number of hydrazone groups is 1. The minimum Gasteiger partial charge on any atom is -0.312 e. The highest BCUT2D eigenvalue weighted by Gasteiger charge is 2.16. The fourth-order valence-corrected chi connectivity index (χ4v) is 3.98. The van der Waals surface area contributed by atoms with Crippen LogP contribution in [0.1, 0.15) is 41.3 Å². The monoisotopic (exact) mass is 458 g/mol. The van der Waals surface area contributed by atoms with Crippen LogP contribution in [0.3, 0.4) is 0 Å². The number of aromatic nitrogens is 1. The van der Waals surface area contributed by atoms with Gasteiger partial charge in [-0.15, -0.1) is 0 Å². The summed E-state index contributed by atoms with van der Waals surface area (Å²) in [4.78, 5) is 17.3. The number of hydrogen-bond acceptors (Lipinski definition) is 5. The summed E-state index contributed by atoms with van der Waals surface area (Å²) in [6, 6.07) is 23.1. The normalized spacial score (nSPS) is 11.2. The van der Waals surface area contributed by atoms with Gasteiger partial charge in [0.1, 0.15) is 16.5 Å². The number of amides is 1. The van der Waals surface area contributed by atoms with E-state index in [9.17, 15) is 9.18 Å². The van der Waals surface area contributed by atoms with Crippen molar-refractivity contribution in [1.82, 2.24) is 4.98 Å². The predicted octanol–water partition coefficient (Wildman–Crippen LogP) is 6.77. The lowest BCUT2D eigenvalue weighted by Crippen LogP contribution is -2.11. The Bertz CT molecular complexity index is 1250. The Morgan fingerprint density at radius 1 is 1.00 bits per heavy atom. The number of benzene rings is 3. The SMILES string of the molecule is CC(C)c1ccc(/C=N\Nc2nc(-c3ccc(F)cc3)c(NC(=O)c3ccccc3)s2)cc1. The van der Waals surface area contributed by atoms with Gasteiger partial charge in [0.25, 0.3) is 5.91 Å². The molecule has 2 N–H and O–H groups in total. The molecule has 0 aliphatic rings. The highest BCUT2D eigenvalue weighted by Crippen LogP contribution is 2.36. The summed E-state index contributed by atoms with van der Waals surface area (Å²) in [7, 11) is 0. The van der Waals surface area contributed by atoms with Crippen molar-refractivity contribution in [3.05, 3.63) is 101 Å². The zero-order valence-corrected chi connectivity index (χ0v) is 19.1. The van der Waals surface area contributed by atoms with E-state index in [1.807, 2.05) is 18.2 Å². The van der Waals surface area contributed by atoms with Crippen LogP contribution in [0.4, 0.5) is 14.5 Å². The van der Waals surface area contributed by atoms with Crippen molar-refractivity contribution in [2.45, 2.75) is 19.8 Å². The molecule has 0 saturated carbocycles. The van der Waals surface area contributed by atoms with Crippen LogP contribution in [0.5, 0.6) is 0 Å². The number of halogens is 1. The molecule has 5 nitrogen and oxygen atoms in total. The standard InChI is InChI=1S/C26H23FN4OS/c1-17(2)19-10-8-18(9-11-19)16-28-31-26-29-23(20-12-14-22(27)15-13-20)25(33-26)30-24(32)21-6-4-3-5-7-21/h3-17H,1-2H3,(H,29,31)(H,30,32)/b28-16-. The maximum absolute atomic E-state index is 13.4. The number of carbonyl (C=O) groups excluding carboxylic acids is 1. The minimum atomic E-state index is -0.338. The van der Waals surface area contributed by atoms with Gasteiger partial charge >= 0.3 is 0 Å². The van der Waals surface area contributed by atoms with Gasteiger partial charge in [-0.2, -0.15) is 5.10 Å². The quantitative estimate of drug-likeness (QED) is 0.237. The van der Waals surface area contributed by atoms with Crippen molar-refractivity contribution < 1.29 is 9.18 Å². The summed E-state index contributed by atoms with van der Waals surface area (Å²) < 4.78 is 13.4. The molecule has 33 heavy (non-hydrogen) atoms. The number of nitrogens with zero attached hydrogens (tertiary/aromatic N) is 2. The molecular weight excluding hydrogens is 435 g/mol. The van der Waals surface area contributed by atoms with E-state index in [4.69, 9.17) is 0 Å². The van der Waals surface area contributed by atoms with Gasteiger partial charge in [0.15, 0.2) is 0 Å². The lowest BCUT2D eigenvalue weighted by atomic mass is 10.0. The van der Waals surface area contributed by atoms with Crippen LogP contribution in [-0.4, -0.2) is 17.1 Å². The van der Waals surface area contributed by atoms with Crippen molar-refractivity contribution in [2.24, 2.45) is 5.10 Å². The highest BCUT2D eigenvalue weighted by atomic mass is 32.1. The molecule has 0 radical (unpaired) electrons. The molecule has 1 amide bonds. The van der Waals surface area contributed by atoms with Crippen LogP contribution in [0.2, 0.25) is 0 Å². The molecule has 3 aromatic carbocycles. The maximum atomic E-state index is 13.4. The summed E-state index contributed by atoms with van der Waals surface area (Å²) in [5, 5.41) is 8.26. The number of hydrogen-bond donors (Lipinski definition) is 2. The first-order valence-electron chi connectivity index (χ1n) is 10.5. The molecule has 0 aliphatic heterocycles.